The number of carbonyl (C=O) groups excluding carboxylic acids is 1. The van der Waals surface area contributed by atoms with Crippen molar-refractivity contribution in [2.75, 3.05) is 4.90 Å². The number of thiazole rings is 1. The molecule has 7 heteroatoms. The molecule has 0 aliphatic heterocycles. The van der Waals surface area contributed by atoms with Crippen LogP contribution in [0.15, 0.2) is 34.9 Å². The number of aromatic nitrogens is 1. The molecular weight excluding hydrogens is 322 g/mol. The van der Waals surface area contributed by atoms with Gasteiger partial charge in [-0.25, -0.2) is 13.8 Å². The highest BCUT2D eigenvalue weighted by Gasteiger charge is 2.35. The minimum absolute atomic E-state index is 0.0152. The first-order chi connectivity index (χ1) is 11.1. The molecule has 0 bridgehead atoms. The molecule has 1 amide bonds. The highest BCUT2D eigenvalue weighted by Crippen LogP contribution is 2.37. The van der Waals surface area contributed by atoms with Crippen LogP contribution in [0.2, 0.25) is 0 Å². The molecule has 0 unspecified atom stereocenters. The molecule has 4 nitrogen and oxygen atoms in total. The zero-order chi connectivity index (χ0) is 16.0. The minimum atomic E-state index is -0.723. The highest BCUT2D eigenvalue weighted by molar-refractivity contribution is 7.22. The second-order valence-electron chi connectivity index (χ2n) is 5.51. The second-order valence-corrected chi connectivity index (χ2v) is 6.52. The molecule has 2 heterocycles. The summed E-state index contributed by atoms with van der Waals surface area (Å²) in [5.41, 5.74) is 0.0828. The van der Waals surface area contributed by atoms with E-state index in [1.807, 2.05) is 0 Å². The van der Waals surface area contributed by atoms with Crippen LogP contribution in [0.4, 0.5) is 13.9 Å². The molecule has 0 saturated heterocycles. The summed E-state index contributed by atoms with van der Waals surface area (Å²) in [5.74, 6) is -0.833. The van der Waals surface area contributed by atoms with Crippen molar-refractivity contribution in [3.63, 3.8) is 0 Å². The van der Waals surface area contributed by atoms with E-state index in [0.29, 0.717) is 15.6 Å². The summed E-state index contributed by atoms with van der Waals surface area (Å²) in [5, 5.41) is 0.359. The first-order valence-corrected chi connectivity index (χ1v) is 8.03. The van der Waals surface area contributed by atoms with Gasteiger partial charge in [0.05, 0.1) is 17.5 Å². The van der Waals surface area contributed by atoms with Gasteiger partial charge in [0, 0.05) is 12.0 Å². The number of fused-ring (bicyclic) bond motifs is 1. The first-order valence-electron chi connectivity index (χ1n) is 7.21. The number of halogens is 2. The zero-order valence-corrected chi connectivity index (χ0v) is 12.8. The molecule has 1 aromatic carbocycles. The van der Waals surface area contributed by atoms with Crippen LogP contribution in [0.25, 0.3) is 10.2 Å². The van der Waals surface area contributed by atoms with Gasteiger partial charge in [0.15, 0.2) is 10.9 Å². The Labute approximate surface area is 134 Å². The van der Waals surface area contributed by atoms with E-state index in [9.17, 15) is 13.6 Å². The Morgan fingerprint density at radius 3 is 2.91 bits per heavy atom. The lowest BCUT2D eigenvalue weighted by Gasteiger charge is -2.18. The van der Waals surface area contributed by atoms with Gasteiger partial charge in [0.25, 0.3) is 0 Å². The van der Waals surface area contributed by atoms with Gasteiger partial charge in [-0.3, -0.25) is 9.69 Å². The normalized spacial score (nSPS) is 14.3. The molecule has 4 rings (SSSR count). The lowest BCUT2D eigenvalue weighted by Crippen LogP contribution is -2.31. The van der Waals surface area contributed by atoms with E-state index in [1.54, 1.807) is 12.1 Å². The molecule has 0 radical (unpaired) electrons. The highest BCUT2D eigenvalue weighted by atomic mass is 32.1. The Balaban J connectivity index is 1.75. The van der Waals surface area contributed by atoms with E-state index in [2.05, 4.69) is 4.98 Å². The van der Waals surface area contributed by atoms with Crippen LogP contribution in [-0.2, 0) is 11.3 Å². The molecule has 0 N–H and O–H groups in total. The van der Waals surface area contributed by atoms with Crippen LogP contribution in [0, 0.1) is 17.6 Å². The molecule has 0 atom stereocenters. The fourth-order valence-electron chi connectivity index (χ4n) is 2.41. The summed E-state index contributed by atoms with van der Waals surface area (Å²) in [7, 11) is 0. The smallest absolute Gasteiger partial charge is 0.232 e. The van der Waals surface area contributed by atoms with Gasteiger partial charge in [0.2, 0.25) is 5.91 Å². The van der Waals surface area contributed by atoms with E-state index in [0.717, 1.165) is 30.2 Å². The molecule has 1 saturated carbocycles. The van der Waals surface area contributed by atoms with Gasteiger partial charge in [-0.2, -0.15) is 0 Å². The summed E-state index contributed by atoms with van der Waals surface area (Å²) in [4.78, 5) is 18.2. The van der Waals surface area contributed by atoms with Gasteiger partial charge < -0.3 is 4.42 Å². The molecule has 23 heavy (non-hydrogen) atoms. The topological polar surface area (TPSA) is 46.3 Å². The molecule has 3 aromatic rings. The van der Waals surface area contributed by atoms with Crippen molar-refractivity contribution >= 4 is 32.6 Å². The number of benzene rings is 1. The van der Waals surface area contributed by atoms with Gasteiger partial charge in [-0.1, -0.05) is 11.3 Å². The van der Waals surface area contributed by atoms with E-state index >= 15 is 0 Å². The predicted octanol–water partition coefficient (Wildman–Crippen LogP) is 4.11. The van der Waals surface area contributed by atoms with Crippen molar-refractivity contribution in [3.05, 3.63) is 47.9 Å². The third-order valence-electron chi connectivity index (χ3n) is 3.72. The van der Waals surface area contributed by atoms with Crippen LogP contribution in [0.1, 0.15) is 18.6 Å². The monoisotopic (exact) mass is 334 g/mol. The molecule has 1 aliphatic rings. The lowest BCUT2D eigenvalue weighted by atomic mass is 10.3. The number of furan rings is 1. The Kier molecular flexibility index (Phi) is 3.37. The summed E-state index contributed by atoms with van der Waals surface area (Å²) in [6, 6.07) is 5.53. The number of amides is 1. The van der Waals surface area contributed by atoms with Gasteiger partial charge in [-0.15, -0.1) is 0 Å². The maximum Gasteiger partial charge on any atom is 0.232 e. The van der Waals surface area contributed by atoms with Crippen molar-refractivity contribution < 1.29 is 18.0 Å². The van der Waals surface area contributed by atoms with Gasteiger partial charge >= 0.3 is 0 Å². The van der Waals surface area contributed by atoms with Gasteiger partial charge in [-0.05, 0) is 31.0 Å². The minimum Gasteiger partial charge on any atom is -0.467 e. The van der Waals surface area contributed by atoms with Gasteiger partial charge in [0.1, 0.15) is 17.1 Å². The quantitative estimate of drug-likeness (QED) is 0.721. The van der Waals surface area contributed by atoms with Crippen LogP contribution in [-0.4, -0.2) is 10.9 Å². The average Bonchev–Trinajstić information content (AvgIpc) is 3.06. The zero-order valence-electron chi connectivity index (χ0n) is 12.0. The lowest BCUT2D eigenvalue weighted by molar-refractivity contribution is -0.120. The van der Waals surface area contributed by atoms with Crippen LogP contribution in [0.3, 0.4) is 0 Å². The maximum absolute atomic E-state index is 13.9. The van der Waals surface area contributed by atoms with Crippen molar-refractivity contribution in [3.8, 4) is 0 Å². The van der Waals surface area contributed by atoms with Crippen molar-refractivity contribution in [2.45, 2.75) is 19.4 Å². The fraction of sp³-hybridized carbons (Fsp3) is 0.250. The summed E-state index contributed by atoms with van der Waals surface area (Å²) in [6.07, 6.45) is 3.23. The molecular formula is C16H12F2N2O2S. The van der Waals surface area contributed by atoms with E-state index in [-0.39, 0.29) is 23.9 Å². The SMILES string of the molecule is O=C(C1CC1)N(Cc1ccco1)c1nc2c(F)cc(F)cc2s1. The Bertz CT molecular complexity index is 872. The first kappa shape index (κ1) is 14.3. The van der Waals surface area contributed by atoms with E-state index < -0.39 is 11.6 Å². The largest absolute Gasteiger partial charge is 0.467 e. The summed E-state index contributed by atoms with van der Waals surface area (Å²) in [6.45, 7) is 0.228. The summed E-state index contributed by atoms with van der Waals surface area (Å²) < 4.78 is 32.9. The van der Waals surface area contributed by atoms with Crippen molar-refractivity contribution in [1.29, 1.82) is 0 Å². The molecule has 2 aromatic heterocycles. The van der Waals surface area contributed by atoms with Crippen LogP contribution < -0.4 is 4.90 Å². The number of nitrogens with zero attached hydrogens (tertiary/aromatic N) is 2. The third-order valence-corrected chi connectivity index (χ3v) is 4.74. The molecule has 0 spiro atoms. The van der Waals surface area contributed by atoms with Crippen molar-refractivity contribution in [2.24, 2.45) is 5.92 Å². The second kappa shape index (κ2) is 5.42. The fourth-order valence-corrected chi connectivity index (χ4v) is 3.42. The Hall–Kier alpha value is -2.28. The van der Waals surface area contributed by atoms with Crippen LogP contribution >= 0.6 is 11.3 Å². The maximum atomic E-state index is 13.9. The number of hydrogen-bond donors (Lipinski definition) is 0. The summed E-state index contributed by atoms with van der Waals surface area (Å²) >= 11 is 1.10. The number of carbonyl (C=O) groups is 1. The van der Waals surface area contributed by atoms with E-state index in [1.165, 1.54) is 17.2 Å². The Morgan fingerprint density at radius 1 is 1.39 bits per heavy atom. The molecule has 118 valence electrons. The molecule has 1 fully saturated rings. The van der Waals surface area contributed by atoms with Crippen LogP contribution in [0.5, 0.6) is 0 Å². The average molecular weight is 334 g/mol. The number of rotatable bonds is 4. The number of anilines is 1. The standard InChI is InChI=1S/C16H12F2N2O2S/c17-10-6-12(18)14-13(7-10)23-16(19-14)20(15(21)9-3-4-9)8-11-2-1-5-22-11/h1-2,5-7,9H,3-4,8H2. The predicted molar refractivity (Wildman–Crippen MR) is 82.2 cm³/mol. The number of hydrogen-bond acceptors (Lipinski definition) is 4. The van der Waals surface area contributed by atoms with E-state index in [4.69, 9.17) is 4.42 Å². The third kappa shape index (κ3) is 2.72. The Morgan fingerprint density at radius 2 is 2.22 bits per heavy atom. The van der Waals surface area contributed by atoms with Crippen molar-refractivity contribution in [1.82, 2.24) is 4.98 Å². The molecule has 1 aliphatic carbocycles.